The van der Waals surface area contributed by atoms with Gasteiger partial charge in [-0.1, -0.05) is 0 Å². The maximum atomic E-state index is 12.6. The maximum absolute atomic E-state index is 12.6. The number of nitrogens with zero attached hydrogens (tertiary/aromatic N) is 1. The van der Waals surface area contributed by atoms with Crippen molar-refractivity contribution in [2.24, 2.45) is 0 Å². The molecule has 2 aromatic heterocycles. The number of aryl methyl sites for hydroxylation is 1. The molecule has 1 aliphatic rings. The summed E-state index contributed by atoms with van der Waals surface area (Å²) in [6.45, 7) is 3.75. The van der Waals surface area contributed by atoms with Crippen molar-refractivity contribution in [3.8, 4) is 11.5 Å². The van der Waals surface area contributed by atoms with E-state index in [2.05, 4.69) is 4.98 Å². The fraction of sp³-hybridized carbons (Fsp3) is 0.0952. The number of fused-ring (bicyclic) bond motifs is 1. The minimum atomic E-state index is -0.491. The van der Waals surface area contributed by atoms with E-state index in [0.717, 1.165) is 10.4 Å². The quantitative estimate of drug-likeness (QED) is 0.379. The summed E-state index contributed by atoms with van der Waals surface area (Å²) in [5.41, 5.74) is 2.56. The number of allylic oxidation sites excluding steroid dienone is 1. The van der Waals surface area contributed by atoms with Crippen LogP contribution in [0.15, 0.2) is 53.9 Å². The van der Waals surface area contributed by atoms with Crippen LogP contribution in [0.2, 0.25) is 0 Å². The van der Waals surface area contributed by atoms with Crippen molar-refractivity contribution < 1.29 is 19.1 Å². The third-order valence-corrected chi connectivity index (χ3v) is 5.29. The molecule has 0 N–H and O–H groups in total. The molecule has 5 nitrogen and oxygen atoms in total. The van der Waals surface area contributed by atoms with Crippen LogP contribution in [0.25, 0.3) is 6.08 Å². The molecule has 0 aliphatic carbocycles. The SMILES string of the molecule is Cc1ccsc1/C=C1\Oc2c(ccc(OC(=O)c3ccncc3)c2C)C1=O. The standard InChI is InChI=1S/C21H15NO4S/c1-12-7-10-27-18(12)11-17-19(23)15-3-4-16(13(2)20(15)25-17)26-21(24)14-5-8-22-9-6-14/h3-11H,1-2H3/b17-11-. The first-order chi connectivity index (χ1) is 13.0. The van der Waals surface area contributed by atoms with Gasteiger partial charge in [0.1, 0.15) is 11.5 Å². The Bertz CT molecular complexity index is 1080. The van der Waals surface area contributed by atoms with Crippen molar-refractivity contribution in [1.29, 1.82) is 0 Å². The number of ether oxygens (including phenoxy) is 2. The average Bonchev–Trinajstić information content (AvgIpc) is 3.22. The van der Waals surface area contributed by atoms with Crippen molar-refractivity contribution in [1.82, 2.24) is 4.98 Å². The minimum Gasteiger partial charge on any atom is -0.452 e. The Morgan fingerprint density at radius 3 is 2.63 bits per heavy atom. The maximum Gasteiger partial charge on any atom is 0.343 e. The molecule has 4 rings (SSSR count). The minimum absolute atomic E-state index is 0.173. The van der Waals surface area contributed by atoms with E-state index in [1.54, 1.807) is 48.6 Å². The van der Waals surface area contributed by atoms with E-state index >= 15 is 0 Å². The predicted molar refractivity (Wildman–Crippen MR) is 102 cm³/mol. The molecule has 134 valence electrons. The molecule has 0 unspecified atom stereocenters. The topological polar surface area (TPSA) is 65.5 Å². The molecule has 0 radical (unpaired) electrons. The summed E-state index contributed by atoms with van der Waals surface area (Å²) >= 11 is 1.55. The van der Waals surface area contributed by atoms with Gasteiger partial charge in [0.05, 0.1) is 11.1 Å². The van der Waals surface area contributed by atoms with Crippen LogP contribution in [0.5, 0.6) is 11.5 Å². The molecule has 1 aromatic carbocycles. The third-order valence-electron chi connectivity index (χ3n) is 4.32. The summed E-state index contributed by atoms with van der Waals surface area (Å²) in [6, 6.07) is 8.39. The molecule has 0 atom stereocenters. The second-order valence-corrected chi connectivity index (χ2v) is 7.05. The Labute approximate surface area is 159 Å². The molecule has 0 saturated carbocycles. The third kappa shape index (κ3) is 3.15. The Hall–Kier alpha value is -3.25. The van der Waals surface area contributed by atoms with Gasteiger partial charge in [-0.2, -0.15) is 0 Å². The van der Waals surface area contributed by atoms with Crippen molar-refractivity contribution >= 4 is 29.2 Å². The Morgan fingerprint density at radius 2 is 1.93 bits per heavy atom. The molecule has 0 spiro atoms. The van der Waals surface area contributed by atoms with Gasteiger partial charge in [0.25, 0.3) is 0 Å². The van der Waals surface area contributed by atoms with Gasteiger partial charge in [0.2, 0.25) is 5.78 Å². The lowest BCUT2D eigenvalue weighted by atomic mass is 10.1. The molecule has 0 bridgehead atoms. The van der Waals surface area contributed by atoms with Crippen LogP contribution in [-0.2, 0) is 0 Å². The van der Waals surface area contributed by atoms with Gasteiger partial charge in [-0.3, -0.25) is 9.78 Å². The highest BCUT2D eigenvalue weighted by molar-refractivity contribution is 7.11. The largest absolute Gasteiger partial charge is 0.452 e. The zero-order valence-corrected chi connectivity index (χ0v) is 15.5. The van der Waals surface area contributed by atoms with E-state index in [-0.39, 0.29) is 11.5 Å². The Kier molecular flexibility index (Phi) is 4.33. The van der Waals surface area contributed by atoms with Gasteiger partial charge in [0.15, 0.2) is 5.76 Å². The van der Waals surface area contributed by atoms with Crippen LogP contribution in [0.4, 0.5) is 0 Å². The number of Topliss-reactive ketones (excluding diaryl/α,β-unsaturated/α-hetero) is 1. The molecule has 1 aliphatic heterocycles. The van der Waals surface area contributed by atoms with Gasteiger partial charge in [-0.05, 0) is 55.1 Å². The molecule has 0 amide bonds. The lowest BCUT2D eigenvalue weighted by molar-refractivity contribution is 0.0733. The van der Waals surface area contributed by atoms with E-state index < -0.39 is 5.97 Å². The van der Waals surface area contributed by atoms with Crippen LogP contribution in [0.1, 0.15) is 36.7 Å². The second kappa shape index (κ2) is 6.81. The first-order valence-electron chi connectivity index (χ1n) is 8.29. The van der Waals surface area contributed by atoms with Gasteiger partial charge in [-0.25, -0.2) is 4.79 Å². The number of carbonyl (C=O) groups is 2. The molecule has 27 heavy (non-hydrogen) atoms. The molecular weight excluding hydrogens is 362 g/mol. The summed E-state index contributed by atoms with van der Waals surface area (Å²) in [4.78, 5) is 29.8. The van der Waals surface area contributed by atoms with Crippen molar-refractivity contribution in [3.63, 3.8) is 0 Å². The Balaban J connectivity index is 1.63. The van der Waals surface area contributed by atoms with Gasteiger partial charge < -0.3 is 9.47 Å². The first kappa shape index (κ1) is 17.2. The number of thiophene rings is 1. The molecule has 0 fully saturated rings. The van der Waals surface area contributed by atoms with E-state index in [9.17, 15) is 9.59 Å². The van der Waals surface area contributed by atoms with Crippen molar-refractivity contribution in [2.45, 2.75) is 13.8 Å². The van der Waals surface area contributed by atoms with Crippen LogP contribution in [0.3, 0.4) is 0 Å². The van der Waals surface area contributed by atoms with E-state index in [1.807, 2.05) is 18.4 Å². The highest BCUT2D eigenvalue weighted by Crippen LogP contribution is 2.39. The lowest BCUT2D eigenvalue weighted by Gasteiger charge is -2.10. The first-order valence-corrected chi connectivity index (χ1v) is 9.16. The number of aromatic nitrogens is 1. The fourth-order valence-electron chi connectivity index (χ4n) is 2.78. The predicted octanol–water partition coefficient (Wildman–Crippen LogP) is 4.60. The van der Waals surface area contributed by atoms with Crippen molar-refractivity contribution in [2.75, 3.05) is 0 Å². The highest BCUT2D eigenvalue weighted by Gasteiger charge is 2.30. The molecule has 6 heteroatoms. The summed E-state index contributed by atoms with van der Waals surface area (Å²) in [7, 11) is 0. The Morgan fingerprint density at radius 1 is 1.15 bits per heavy atom. The zero-order chi connectivity index (χ0) is 19.0. The molecule has 0 saturated heterocycles. The van der Waals surface area contributed by atoms with Crippen LogP contribution in [-0.4, -0.2) is 16.7 Å². The number of pyridine rings is 1. The van der Waals surface area contributed by atoms with Gasteiger partial charge in [-0.15, -0.1) is 11.3 Å². The number of hydrogen-bond donors (Lipinski definition) is 0. The number of carbonyl (C=O) groups excluding carboxylic acids is 2. The number of rotatable bonds is 3. The lowest BCUT2D eigenvalue weighted by Crippen LogP contribution is -2.09. The number of benzene rings is 1. The number of ketones is 1. The zero-order valence-electron chi connectivity index (χ0n) is 14.7. The highest BCUT2D eigenvalue weighted by atomic mass is 32.1. The summed E-state index contributed by atoms with van der Waals surface area (Å²) in [5.74, 6) is 0.399. The van der Waals surface area contributed by atoms with Crippen LogP contribution in [0, 0.1) is 13.8 Å². The van der Waals surface area contributed by atoms with Crippen molar-refractivity contribution in [3.05, 3.63) is 81.0 Å². The number of hydrogen-bond acceptors (Lipinski definition) is 6. The summed E-state index contributed by atoms with van der Waals surface area (Å²) < 4.78 is 11.3. The fourth-order valence-corrected chi connectivity index (χ4v) is 3.62. The summed E-state index contributed by atoms with van der Waals surface area (Å²) in [5, 5.41) is 1.97. The smallest absolute Gasteiger partial charge is 0.343 e. The van der Waals surface area contributed by atoms with E-state index in [0.29, 0.717) is 28.2 Å². The normalized spacial score (nSPS) is 14.1. The molecule has 3 heterocycles. The van der Waals surface area contributed by atoms with Gasteiger partial charge >= 0.3 is 5.97 Å². The monoisotopic (exact) mass is 377 g/mol. The van der Waals surface area contributed by atoms with E-state index in [4.69, 9.17) is 9.47 Å². The van der Waals surface area contributed by atoms with E-state index in [1.165, 1.54) is 12.4 Å². The molecular formula is C21H15NO4S. The van der Waals surface area contributed by atoms with Crippen LogP contribution >= 0.6 is 11.3 Å². The molecule has 3 aromatic rings. The second-order valence-electron chi connectivity index (χ2n) is 6.10. The van der Waals surface area contributed by atoms with Gasteiger partial charge in [0, 0.05) is 28.9 Å². The number of esters is 1. The average molecular weight is 377 g/mol. The summed E-state index contributed by atoms with van der Waals surface area (Å²) in [6.07, 6.45) is 4.81. The van der Waals surface area contributed by atoms with Crippen LogP contribution < -0.4 is 9.47 Å².